The Morgan fingerprint density at radius 3 is 2.60 bits per heavy atom. The third-order valence-electron chi connectivity index (χ3n) is 3.27. The molecule has 0 radical (unpaired) electrons. The van der Waals surface area contributed by atoms with Crippen LogP contribution in [0.5, 0.6) is 0 Å². The highest BCUT2D eigenvalue weighted by molar-refractivity contribution is 5.32. The van der Waals surface area contributed by atoms with E-state index in [9.17, 15) is 13.2 Å². The highest BCUT2D eigenvalue weighted by atomic mass is 19.4. The number of nitrogens with two attached hydrogens (primary N) is 1. The van der Waals surface area contributed by atoms with Gasteiger partial charge in [-0.3, -0.25) is 0 Å². The van der Waals surface area contributed by atoms with E-state index in [1.165, 1.54) is 12.1 Å². The molecular formula is C14H16F3N3. The third kappa shape index (κ3) is 3.19. The molecule has 1 unspecified atom stereocenters. The molecule has 1 aromatic heterocycles. The summed E-state index contributed by atoms with van der Waals surface area (Å²) >= 11 is 0. The van der Waals surface area contributed by atoms with Crippen molar-refractivity contribution in [2.24, 2.45) is 12.8 Å². The fourth-order valence-corrected chi connectivity index (χ4v) is 2.16. The van der Waals surface area contributed by atoms with Crippen molar-refractivity contribution in [1.82, 2.24) is 9.55 Å². The minimum Gasteiger partial charge on any atom is -0.338 e. The van der Waals surface area contributed by atoms with Crippen LogP contribution in [0.3, 0.4) is 0 Å². The second-order valence-electron chi connectivity index (χ2n) is 4.68. The van der Waals surface area contributed by atoms with Crippen LogP contribution in [0.4, 0.5) is 13.2 Å². The van der Waals surface area contributed by atoms with Gasteiger partial charge in [0.2, 0.25) is 0 Å². The van der Waals surface area contributed by atoms with Crippen LogP contribution < -0.4 is 5.73 Å². The Morgan fingerprint density at radius 2 is 2.00 bits per heavy atom. The fourth-order valence-electron chi connectivity index (χ4n) is 2.16. The van der Waals surface area contributed by atoms with Crippen LogP contribution in [0.15, 0.2) is 36.7 Å². The molecule has 2 aromatic rings. The van der Waals surface area contributed by atoms with E-state index in [-0.39, 0.29) is 5.56 Å². The number of aryl methyl sites for hydroxylation is 2. The number of imidazole rings is 1. The molecule has 2 rings (SSSR count). The van der Waals surface area contributed by atoms with E-state index >= 15 is 0 Å². The van der Waals surface area contributed by atoms with E-state index in [1.807, 2.05) is 11.6 Å². The number of hydrogen-bond donors (Lipinski definition) is 1. The number of nitrogens with zero attached hydrogens (tertiary/aromatic N) is 2. The monoisotopic (exact) mass is 283 g/mol. The molecule has 1 atom stereocenters. The summed E-state index contributed by atoms with van der Waals surface area (Å²) in [6.45, 7) is 0. The van der Waals surface area contributed by atoms with E-state index in [1.54, 1.807) is 18.5 Å². The van der Waals surface area contributed by atoms with E-state index < -0.39 is 17.8 Å². The molecule has 0 aliphatic carbocycles. The second kappa shape index (κ2) is 5.66. The van der Waals surface area contributed by atoms with Gasteiger partial charge in [-0.2, -0.15) is 13.2 Å². The molecule has 20 heavy (non-hydrogen) atoms. The number of aromatic nitrogens is 2. The van der Waals surface area contributed by atoms with Crippen LogP contribution >= 0.6 is 0 Å². The summed E-state index contributed by atoms with van der Waals surface area (Å²) in [5.74, 6) is 0.810. The van der Waals surface area contributed by atoms with Gasteiger partial charge in [-0.25, -0.2) is 4.98 Å². The number of benzene rings is 1. The van der Waals surface area contributed by atoms with Crippen molar-refractivity contribution in [3.8, 4) is 0 Å². The minimum absolute atomic E-state index is 0.134. The van der Waals surface area contributed by atoms with Crippen molar-refractivity contribution in [2.45, 2.75) is 25.1 Å². The van der Waals surface area contributed by atoms with Crippen LogP contribution in [0.2, 0.25) is 0 Å². The highest BCUT2D eigenvalue weighted by Crippen LogP contribution is 2.34. The van der Waals surface area contributed by atoms with Gasteiger partial charge in [-0.1, -0.05) is 18.2 Å². The third-order valence-corrected chi connectivity index (χ3v) is 3.27. The first-order valence-corrected chi connectivity index (χ1v) is 6.27. The van der Waals surface area contributed by atoms with Crippen LogP contribution in [-0.2, 0) is 19.6 Å². The Hall–Kier alpha value is -1.82. The first-order valence-electron chi connectivity index (χ1n) is 6.27. The summed E-state index contributed by atoms with van der Waals surface area (Å²) in [5.41, 5.74) is 5.40. The molecule has 0 spiro atoms. The predicted molar refractivity (Wildman–Crippen MR) is 69.9 cm³/mol. The molecule has 0 aliphatic heterocycles. The molecule has 108 valence electrons. The van der Waals surface area contributed by atoms with Crippen LogP contribution in [0, 0.1) is 0 Å². The molecule has 0 aliphatic rings. The van der Waals surface area contributed by atoms with Crippen LogP contribution in [-0.4, -0.2) is 9.55 Å². The quantitative estimate of drug-likeness (QED) is 0.937. The van der Waals surface area contributed by atoms with Gasteiger partial charge >= 0.3 is 6.18 Å². The number of halogens is 3. The predicted octanol–water partition coefficient (Wildman–Crippen LogP) is 3.07. The lowest BCUT2D eigenvalue weighted by Crippen LogP contribution is -2.18. The maximum absolute atomic E-state index is 12.9. The SMILES string of the molecule is Cn1ccnc1CCC(N)c1ccccc1C(F)(F)F. The molecular weight excluding hydrogens is 267 g/mol. The van der Waals surface area contributed by atoms with Gasteiger partial charge in [0.05, 0.1) is 5.56 Å². The van der Waals surface area contributed by atoms with E-state index in [2.05, 4.69) is 4.98 Å². The molecule has 1 heterocycles. The lowest BCUT2D eigenvalue weighted by Gasteiger charge is -2.18. The zero-order valence-corrected chi connectivity index (χ0v) is 11.1. The largest absolute Gasteiger partial charge is 0.416 e. The van der Waals surface area contributed by atoms with Crippen molar-refractivity contribution >= 4 is 0 Å². The van der Waals surface area contributed by atoms with E-state index in [0.29, 0.717) is 12.8 Å². The molecule has 0 saturated heterocycles. The standard InChI is InChI=1S/C14H16F3N3/c1-20-9-8-19-13(20)7-6-12(18)10-4-2-3-5-11(10)14(15,16)17/h2-5,8-9,12H,6-7,18H2,1H3. The first kappa shape index (κ1) is 14.6. The van der Waals surface area contributed by atoms with Gasteiger partial charge in [-0.15, -0.1) is 0 Å². The molecule has 0 saturated carbocycles. The zero-order valence-electron chi connectivity index (χ0n) is 11.1. The van der Waals surface area contributed by atoms with Gasteiger partial charge in [0, 0.05) is 31.9 Å². The molecule has 3 nitrogen and oxygen atoms in total. The highest BCUT2D eigenvalue weighted by Gasteiger charge is 2.34. The van der Waals surface area contributed by atoms with Crippen molar-refractivity contribution in [1.29, 1.82) is 0 Å². The summed E-state index contributed by atoms with van der Waals surface area (Å²) in [4.78, 5) is 4.14. The van der Waals surface area contributed by atoms with Gasteiger partial charge in [0.15, 0.2) is 0 Å². The van der Waals surface area contributed by atoms with Crippen molar-refractivity contribution in [3.05, 3.63) is 53.6 Å². The van der Waals surface area contributed by atoms with Crippen LogP contribution in [0.1, 0.15) is 29.4 Å². The number of hydrogen-bond acceptors (Lipinski definition) is 2. The van der Waals surface area contributed by atoms with Crippen molar-refractivity contribution in [2.75, 3.05) is 0 Å². The Labute approximate surface area is 115 Å². The summed E-state index contributed by atoms with van der Waals surface area (Å²) in [7, 11) is 1.84. The Balaban J connectivity index is 2.14. The fraction of sp³-hybridized carbons (Fsp3) is 0.357. The smallest absolute Gasteiger partial charge is 0.338 e. The molecule has 0 bridgehead atoms. The molecule has 0 fully saturated rings. The molecule has 1 aromatic carbocycles. The molecule has 2 N–H and O–H groups in total. The van der Waals surface area contributed by atoms with E-state index in [0.717, 1.165) is 11.9 Å². The Morgan fingerprint density at radius 1 is 1.30 bits per heavy atom. The van der Waals surface area contributed by atoms with Gasteiger partial charge < -0.3 is 10.3 Å². The number of rotatable bonds is 4. The van der Waals surface area contributed by atoms with Gasteiger partial charge in [0.1, 0.15) is 5.82 Å². The summed E-state index contributed by atoms with van der Waals surface area (Å²) in [5, 5.41) is 0. The maximum Gasteiger partial charge on any atom is 0.416 e. The lowest BCUT2D eigenvalue weighted by atomic mass is 9.97. The lowest BCUT2D eigenvalue weighted by molar-refractivity contribution is -0.138. The normalized spacial score (nSPS) is 13.4. The Kier molecular flexibility index (Phi) is 4.13. The van der Waals surface area contributed by atoms with Crippen molar-refractivity contribution < 1.29 is 13.2 Å². The average molecular weight is 283 g/mol. The Bertz CT molecular complexity index is 575. The maximum atomic E-state index is 12.9. The second-order valence-corrected chi connectivity index (χ2v) is 4.68. The summed E-state index contributed by atoms with van der Waals surface area (Å²) in [6, 6.07) is 4.79. The summed E-state index contributed by atoms with van der Waals surface area (Å²) in [6.07, 6.45) is 0.0290. The van der Waals surface area contributed by atoms with Crippen molar-refractivity contribution in [3.63, 3.8) is 0 Å². The van der Waals surface area contributed by atoms with E-state index in [4.69, 9.17) is 5.73 Å². The zero-order chi connectivity index (χ0) is 14.8. The topological polar surface area (TPSA) is 43.8 Å². The molecule has 6 heteroatoms. The molecule has 0 amide bonds. The van der Waals surface area contributed by atoms with Gasteiger partial charge in [0.25, 0.3) is 0 Å². The average Bonchev–Trinajstić information content (AvgIpc) is 2.80. The minimum atomic E-state index is -4.38. The summed E-state index contributed by atoms with van der Waals surface area (Å²) < 4.78 is 40.6. The van der Waals surface area contributed by atoms with Crippen LogP contribution in [0.25, 0.3) is 0 Å². The first-order chi connectivity index (χ1) is 9.39. The van der Waals surface area contributed by atoms with Gasteiger partial charge in [-0.05, 0) is 18.1 Å². The number of alkyl halides is 3.